The maximum absolute atomic E-state index is 14.5. The maximum atomic E-state index is 14.5. The number of nitrogen functional groups attached to an aromatic ring is 1. The summed E-state index contributed by atoms with van der Waals surface area (Å²) in [7, 11) is 0. The largest absolute Gasteiger partial charge is 0.462 e. The topological polar surface area (TPSA) is 108 Å². The molecule has 34 heavy (non-hydrogen) atoms. The smallest absolute Gasteiger partial charge is 0.415 e. The third kappa shape index (κ3) is 5.18. The molecule has 3 rings (SSSR count). The van der Waals surface area contributed by atoms with Crippen LogP contribution < -0.4 is 16.4 Å². The van der Waals surface area contributed by atoms with E-state index in [2.05, 4.69) is 0 Å². The number of hydrogen-bond acceptors (Lipinski definition) is 7. The van der Waals surface area contributed by atoms with E-state index in [9.17, 15) is 18.4 Å². The summed E-state index contributed by atoms with van der Waals surface area (Å²) < 4.78 is 39.3. The molecule has 0 aliphatic rings. The minimum Gasteiger partial charge on any atom is -0.462 e. The number of rotatable bonds is 8. The van der Waals surface area contributed by atoms with Crippen LogP contribution in [0.1, 0.15) is 35.3 Å². The number of carbonyl (C=O) groups is 2. The summed E-state index contributed by atoms with van der Waals surface area (Å²) >= 11 is 1.08. The second kappa shape index (κ2) is 11.1. The van der Waals surface area contributed by atoms with Crippen molar-refractivity contribution in [2.45, 2.75) is 26.9 Å². The summed E-state index contributed by atoms with van der Waals surface area (Å²) in [5, 5.41) is 0.117. The molecule has 7 nitrogen and oxygen atoms in total. The lowest BCUT2D eigenvalue weighted by Gasteiger charge is -2.22. The van der Waals surface area contributed by atoms with Crippen molar-refractivity contribution in [1.82, 2.24) is 0 Å². The minimum atomic E-state index is -0.871. The van der Waals surface area contributed by atoms with Crippen molar-refractivity contribution in [1.29, 1.82) is 0 Å². The lowest BCUT2D eigenvalue weighted by atomic mass is 10.0. The molecular weight excluding hydrogens is 464 g/mol. The van der Waals surface area contributed by atoms with Gasteiger partial charge in [0.1, 0.15) is 16.6 Å². The van der Waals surface area contributed by atoms with E-state index in [0.29, 0.717) is 21.7 Å². The molecule has 4 N–H and O–H groups in total. The average Bonchev–Trinajstić information content (AvgIpc) is 3.19. The molecule has 0 bridgehead atoms. The first kappa shape index (κ1) is 25.1. The fourth-order valence-corrected chi connectivity index (χ4v) is 4.69. The van der Waals surface area contributed by atoms with E-state index in [4.69, 9.17) is 20.9 Å². The molecule has 0 spiro atoms. The van der Waals surface area contributed by atoms with Gasteiger partial charge in [0.25, 0.3) is 0 Å². The molecule has 0 atom stereocenters. The summed E-state index contributed by atoms with van der Waals surface area (Å²) in [6, 6.07) is 10.3. The molecule has 180 valence electrons. The Morgan fingerprint density at radius 1 is 0.971 bits per heavy atom. The van der Waals surface area contributed by atoms with Crippen LogP contribution in [-0.4, -0.2) is 25.3 Å². The highest BCUT2D eigenvalue weighted by atomic mass is 32.1. The summed E-state index contributed by atoms with van der Waals surface area (Å²) in [5.41, 5.74) is 13.2. The molecule has 0 fully saturated rings. The van der Waals surface area contributed by atoms with Gasteiger partial charge in [0.15, 0.2) is 0 Å². The number of nitrogens with zero attached hydrogens (tertiary/aromatic N) is 1. The molecule has 0 aliphatic carbocycles. The van der Waals surface area contributed by atoms with E-state index in [-0.39, 0.29) is 35.9 Å². The minimum absolute atomic E-state index is 0.0176. The van der Waals surface area contributed by atoms with Gasteiger partial charge in [-0.25, -0.2) is 18.4 Å². The number of halogens is 2. The zero-order chi connectivity index (χ0) is 24.8. The van der Waals surface area contributed by atoms with Crippen molar-refractivity contribution in [3.63, 3.8) is 0 Å². The van der Waals surface area contributed by atoms with Crippen molar-refractivity contribution in [3.05, 3.63) is 70.8 Å². The Bertz CT molecular complexity index is 1160. The molecule has 10 heteroatoms. The van der Waals surface area contributed by atoms with Gasteiger partial charge in [0.05, 0.1) is 25.3 Å². The number of hydrogen-bond donors (Lipinski definition) is 2. The Kier molecular flexibility index (Phi) is 8.19. The fourth-order valence-electron chi connectivity index (χ4n) is 3.38. The molecule has 0 saturated heterocycles. The molecule has 0 aliphatic heterocycles. The molecule has 0 unspecified atom stereocenters. The van der Waals surface area contributed by atoms with E-state index >= 15 is 0 Å². The van der Waals surface area contributed by atoms with Gasteiger partial charge in [-0.1, -0.05) is 18.2 Å². The van der Waals surface area contributed by atoms with Gasteiger partial charge < -0.3 is 20.9 Å². The molecule has 2 aromatic carbocycles. The lowest BCUT2D eigenvalue weighted by Crippen LogP contribution is -2.32. The summed E-state index contributed by atoms with van der Waals surface area (Å²) in [5.74, 6) is -2.37. The van der Waals surface area contributed by atoms with Crippen molar-refractivity contribution >= 4 is 34.1 Å². The number of carbonyl (C=O) groups excluding carboxylic acids is 2. The second-order valence-electron chi connectivity index (χ2n) is 7.12. The molecule has 1 heterocycles. The monoisotopic (exact) mass is 489 g/mol. The van der Waals surface area contributed by atoms with E-state index in [1.165, 1.54) is 6.07 Å². The molecular formula is C24H25F2N3O4S. The Morgan fingerprint density at radius 3 is 2.15 bits per heavy atom. The fraction of sp³-hybridized carbons (Fsp3) is 0.250. The van der Waals surface area contributed by atoms with Gasteiger partial charge in [-0.05, 0) is 43.7 Å². The number of thiophene rings is 1. The van der Waals surface area contributed by atoms with Crippen LogP contribution in [0.5, 0.6) is 0 Å². The van der Waals surface area contributed by atoms with Crippen LogP contribution in [0.2, 0.25) is 0 Å². The summed E-state index contributed by atoms with van der Waals surface area (Å²) in [4.78, 5) is 27.6. The van der Waals surface area contributed by atoms with Crippen LogP contribution in [-0.2, 0) is 22.6 Å². The van der Waals surface area contributed by atoms with Gasteiger partial charge in [0.2, 0.25) is 0 Å². The van der Waals surface area contributed by atoms with Crippen LogP contribution in [0.25, 0.3) is 10.4 Å². The number of ether oxygens (including phenoxy) is 2. The molecule has 0 saturated carbocycles. The van der Waals surface area contributed by atoms with Crippen LogP contribution in [0.4, 0.5) is 24.3 Å². The Balaban J connectivity index is 2.25. The van der Waals surface area contributed by atoms with Gasteiger partial charge in [-0.2, -0.15) is 0 Å². The highest BCUT2D eigenvalue weighted by Crippen LogP contribution is 2.43. The molecule has 0 radical (unpaired) electrons. The van der Waals surface area contributed by atoms with E-state index in [1.807, 2.05) is 0 Å². The molecule has 1 amide bonds. The Hall–Kier alpha value is -3.50. The van der Waals surface area contributed by atoms with Crippen LogP contribution in [0.15, 0.2) is 42.5 Å². The number of anilines is 2. The van der Waals surface area contributed by atoms with E-state index in [0.717, 1.165) is 28.4 Å². The zero-order valence-corrected chi connectivity index (χ0v) is 19.6. The maximum Gasteiger partial charge on any atom is 0.415 e. The molecule has 3 aromatic rings. The van der Waals surface area contributed by atoms with E-state index < -0.39 is 30.2 Å². The number of nitrogens with two attached hydrogens (primary N) is 2. The van der Waals surface area contributed by atoms with Crippen LogP contribution in [0, 0.1) is 11.6 Å². The summed E-state index contributed by atoms with van der Waals surface area (Å²) in [6.07, 6.45) is -0.871. The van der Waals surface area contributed by atoms with Crippen LogP contribution >= 0.6 is 11.3 Å². The SMILES string of the molecule is CCOC(=O)c1c(N(Cc2c(F)cccc2F)C(=O)OCC)sc(-c2ccc(N)cc2)c1CN. The third-order valence-electron chi connectivity index (χ3n) is 4.96. The van der Waals surface area contributed by atoms with Crippen molar-refractivity contribution in [2.24, 2.45) is 5.73 Å². The standard InChI is InChI=1S/C24H25F2N3O4S/c1-3-32-23(30)20-16(12-27)21(14-8-10-15(28)11-9-14)34-22(20)29(24(31)33-4-2)13-17-18(25)6-5-7-19(17)26/h5-11H,3-4,12-13,27-28H2,1-2H3. The normalized spacial score (nSPS) is 10.7. The first-order valence-corrected chi connectivity index (χ1v) is 11.4. The van der Waals surface area contributed by atoms with Gasteiger partial charge in [0, 0.05) is 28.2 Å². The van der Waals surface area contributed by atoms with E-state index in [1.54, 1.807) is 38.1 Å². The highest BCUT2D eigenvalue weighted by Gasteiger charge is 2.32. The lowest BCUT2D eigenvalue weighted by molar-refractivity contribution is 0.0526. The van der Waals surface area contributed by atoms with Gasteiger partial charge in [-0.3, -0.25) is 4.90 Å². The van der Waals surface area contributed by atoms with Crippen LogP contribution in [0.3, 0.4) is 0 Å². The quantitative estimate of drug-likeness (QED) is 0.338. The Labute approximate surface area is 199 Å². The highest BCUT2D eigenvalue weighted by molar-refractivity contribution is 7.20. The Morgan fingerprint density at radius 2 is 1.59 bits per heavy atom. The van der Waals surface area contributed by atoms with Crippen molar-refractivity contribution in [3.8, 4) is 10.4 Å². The zero-order valence-electron chi connectivity index (χ0n) is 18.8. The number of esters is 1. The summed E-state index contributed by atoms with van der Waals surface area (Å²) in [6.45, 7) is 2.79. The third-order valence-corrected chi connectivity index (χ3v) is 6.26. The van der Waals surface area contributed by atoms with Gasteiger partial charge >= 0.3 is 12.1 Å². The number of amides is 1. The van der Waals surface area contributed by atoms with Crippen molar-refractivity contribution < 1.29 is 27.8 Å². The first-order valence-electron chi connectivity index (χ1n) is 10.6. The molecule has 1 aromatic heterocycles. The van der Waals surface area contributed by atoms with Crippen molar-refractivity contribution in [2.75, 3.05) is 23.8 Å². The first-order chi connectivity index (χ1) is 16.3. The average molecular weight is 490 g/mol. The van der Waals surface area contributed by atoms with Gasteiger partial charge in [-0.15, -0.1) is 11.3 Å². The predicted octanol–water partition coefficient (Wildman–Crippen LogP) is 5.07. The predicted molar refractivity (Wildman–Crippen MR) is 128 cm³/mol. The second-order valence-corrected chi connectivity index (χ2v) is 8.12. The number of benzene rings is 2.